The van der Waals surface area contributed by atoms with Crippen molar-refractivity contribution in [1.29, 1.82) is 0 Å². The largest absolute Gasteiger partial charge is 0.497 e. The van der Waals surface area contributed by atoms with Crippen molar-refractivity contribution in [1.82, 2.24) is 25.1 Å². The Labute approximate surface area is 267 Å². The lowest BCUT2D eigenvalue weighted by atomic mass is 10.0. The molecule has 0 radical (unpaired) electrons. The third-order valence-corrected chi connectivity index (χ3v) is 9.08. The molecule has 0 saturated heterocycles. The molecule has 228 valence electrons. The second-order valence-corrected chi connectivity index (χ2v) is 12.2. The fraction of sp³-hybridized carbons (Fsp3) is 0.182. The van der Waals surface area contributed by atoms with E-state index in [2.05, 4.69) is 15.5 Å². The maximum Gasteiger partial charge on any atom is 0.253 e. The molecule has 0 bridgehead atoms. The predicted molar refractivity (Wildman–Crippen MR) is 172 cm³/mol. The highest BCUT2D eigenvalue weighted by atomic mass is 32.2. The Balaban J connectivity index is 1.24. The summed E-state index contributed by atoms with van der Waals surface area (Å²) in [5, 5.41) is 20.4. The number of hydrogen-bond donors (Lipinski definition) is 1. The monoisotopic (exact) mass is 640 g/mol. The fourth-order valence-electron chi connectivity index (χ4n) is 5.04. The summed E-state index contributed by atoms with van der Waals surface area (Å²) in [5.41, 5.74) is 3.85. The van der Waals surface area contributed by atoms with Crippen LogP contribution >= 0.6 is 23.1 Å². The van der Waals surface area contributed by atoms with Crippen molar-refractivity contribution in [3.63, 3.8) is 0 Å². The number of ether oxygens (including phenoxy) is 1. The highest BCUT2D eigenvalue weighted by molar-refractivity contribution is 7.99. The number of aryl methyl sites for hydroxylation is 1. The summed E-state index contributed by atoms with van der Waals surface area (Å²) in [7, 11) is 1.62. The lowest BCUT2D eigenvalue weighted by Gasteiger charge is -2.22. The average molecular weight is 641 g/mol. The van der Waals surface area contributed by atoms with Gasteiger partial charge in [0.25, 0.3) is 11.8 Å². The van der Waals surface area contributed by atoms with Gasteiger partial charge in [0, 0.05) is 17.7 Å². The van der Waals surface area contributed by atoms with Gasteiger partial charge in [-0.1, -0.05) is 48.2 Å². The summed E-state index contributed by atoms with van der Waals surface area (Å²) in [6.07, 6.45) is 0.595. The van der Waals surface area contributed by atoms with E-state index in [0.717, 1.165) is 33.2 Å². The fourth-order valence-corrected chi connectivity index (χ4v) is 6.58. The number of thiophene rings is 1. The third-order valence-electron chi connectivity index (χ3n) is 7.25. The summed E-state index contributed by atoms with van der Waals surface area (Å²) in [6, 6.07) is 24.7. The van der Waals surface area contributed by atoms with Gasteiger partial charge < -0.3 is 10.1 Å². The van der Waals surface area contributed by atoms with Crippen LogP contribution < -0.4 is 10.1 Å². The van der Waals surface area contributed by atoms with E-state index in [1.165, 1.54) is 30.0 Å². The second kappa shape index (κ2) is 13.4. The Morgan fingerprint density at radius 3 is 2.60 bits per heavy atom. The lowest BCUT2D eigenvalue weighted by Crippen LogP contribution is -2.28. The molecule has 3 heterocycles. The molecule has 12 heteroatoms. The van der Waals surface area contributed by atoms with E-state index in [9.17, 15) is 14.0 Å². The zero-order valence-corrected chi connectivity index (χ0v) is 26.1. The second-order valence-electron chi connectivity index (χ2n) is 10.3. The Bertz CT molecular complexity index is 1860. The Morgan fingerprint density at radius 2 is 1.87 bits per heavy atom. The number of methoxy groups -OCH3 is 1. The molecule has 1 aliphatic heterocycles. The molecule has 1 atom stereocenters. The molecule has 1 N–H and O–H groups in total. The zero-order valence-electron chi connectivity index (χ0n) is 24.5. The van der Waals surface area contributed by atoms with Crippen molar-refractivity contribution >= 4 is 40.6 Å². The normalized spacial score (nSPS) is 14.3. The summed E-state index contributed by atoms with van der Waals surface area (Å²) in [5.74, 6) is 0.169. The van der Waals surface area contributed by atoms with E-state index < -0.39 is 11.7 Å². The molecular formula is C33H29FN6O3S2. The average Bonchev–Trinajstić information content (AvgIpc) is 3.83. The van der Waals surface area contributed by atoms with Gasteiger partial charge in [-0.25, -0.2) is 9.40 Å². The number of benzene rings is 3. The topological polar surface area (TPSA) is 102 Å². The van der Waals surface area contributed by atoms with Gasteiger partial charge in [-0.05, 0) is 72.0 Å². The zero-order chi connectivity index (χ0) is 31.3. The first-order valence-electron chi connectivity index (χ1n) is 14.1. The third kappa shape index (κ3) is 6.81. The number of hydrazone groups is 1. The summed E-state index contributed by atoms with van der Waals surface area (Å²) in [6.45, 7) is 2.02. The van der Waals surface area contributed by atoms with E-state index in [-0.39, 0.29) is 29.8 Å². The van der Waals surface area contributed by atoms with Crippen LogP contribution in [0.4, 0.5) is 4.39 Å². The number of nitrogens with zero attached hydrogens (tertiary/aromatic N) is 5. The highest BCUT2D eigenvalue weighted by Crippen LogP contribution is 2.35. The van der Waals surface area contributed by atoms with Gasteiger partial charge in [-0.3, -0.25) is 14.2 Å². The van der Waals surface area contributed by atoms with Crippen molar-refractivity contribution in [2.24, 2.45) is 5.10 Å². The highest BCUT2D eigenvalue weighted by Gasteiger charge is 2.33. The summed E-state index contributed by atoms with van der Waals surface area (Å²) >= 11 is 2.84. The van der Waals surface area contributed by atoms with E-state index in [1.807, 2.05) is 77.5 Å². The molecule has 1 aliphatic rings. The Kier molecular flexibility index (Phi) is 9.03. The first-order chi connectivity index (χ1) is 21.9. The molecule has 0 unspecified atom stereocenters. The van der Waals surface area contributed by atoms with Crippen LogP contribution in [0.15, 0.2) is 101 Å². The molecule has 0 fully saturated rings. The van der Waals surface area contributed by atoms with Crippen LogP contribution in [0.5, 0.6) is 5.75 Å². The number of amides is 2. The van der Waals surface area contributed by atoms with Gasteiger partial charge in [-0.15, -0.1) is 21.5 Å². The minimum atomic E-state index is -0.493. The van der Waals surface area contributed by atoms with Crippen LogP contribution in [0, 0.1) is 12.7 Å². The number of thioether (sulfide) groups is 1. The minimum absolute atomic E-state index is 0.0466. The molecule has 0 aliphatic carbocycles. The molecule has 0 saturated carbocycles. The number of rotatable bonds is 10. The van der Waals surface area contributed by atoms with E-state index in [1.54, 1.807) is 29.5 Å². The maximum absolute atomic E-state index is 13.8. The number of nitrogens with one attached hydrogen (secondary N) is 1. The predicted octanol–water partition coefficient (Wildman–Crippen LogP) is 6.18. The maximum atomic E-state index is 13.8. The smallest absolute Gasteiger partial charge is 0.253 e. The van der Waals surface area contributed by atoms with Gasteiger partial charge >= 0.3 is 0 Å². The van der Waals surface area contributed by atoms with Gasteiger partial charge in [0.05, 0.1) is 36.0 Å². The van der Waals surface area contributed by atoms with Crippen LogP contribution in [0.25, 0.3) is 5.69 Å². The summed E-state index contributed by atoms with van der Waals surface area (Å²) in [4.78, 5) is 27.5. The first-order valence-corrected chi connectivity index (χ1v) is 16.0. The van der Waals surface area contributed by atoms with Crippen LogP contribution in [-0.2, 0) is 11.3 Å². The van der Waals surface area contributed by atoms with Crippen LogP contribution in [0.2, 0.25) is 0 Å². The van der Waals surface area contributed by atoms with Crippen molar-refractivity contribution in [2.75, 3.05) is 12.9 Å². The molecule has 0 spiro atoms. The first kappa shape index (κ1) is 30.2. The Morgan fingerprint density at radius 1 is 1.04 bits per heavy atom. The SMILES string of the molecule is COc1ccc([C@H]2CC(c3cccs3)=NN2C(=O)CSc2nnc(CNC(=O)c3cccc(F)c3)n2-c2cccc(C)c2)cc1. The number of halogens is 1. The van der Waals surface area contributed by atoms with E-state index >= 15 is 0 Å². The van der Waals surface area contributed by atoms with Crippen molar-refractivity contribution in [2.45, 2.75) is 31.1 Å². The lowest BCUT2D eigenvalue weighted by molar-refractivity contribution is -0.130. The molecule has 6 rings (SSSR count). The minimum Gasteiger partial charge on any atom is -0.497 e. The van der Waals surface area contributed by atoms with Gasteiger partial charge in [0.15, 0.2) is 11.0 Å². The van der Waals surface area contributed by atoms with Crippen LogP contribution in [-0.4, -0.2) is 50.2 Å². The Hall–Kier alpha value is -4.81. The van der Waals surface area contributed by atoms with Crippen LogP contribution in [0.1, 0.15) is 44.6 Å². The number of carbonyl (C=O) groups excluding carboxylic acids is 2. The molecule has 45 heavy (non-hydrogen) atoms. The van der Waals surface area contributed by atoms with Gasteiger partial charge in [0.2, 0.25) is 0 Å². The van der Waals surface area contributed by atoms with E-state index in [0.29, 0.717) is 17.4 Å². The van der Waals surface area contributed by atoms with Gasteiger partial charge in [-0.2, -0.15) is 5.10 Å². The van der Waals surface area contributed by atoms with Crippen molar-refractivity contribution < 1.29 is 18.7 Å². The number of aromatic nitrogens is 3. The quantitative estimate of drug-likeness (QED) is 0.183. The van der Waals surface area contributed by atoms with Crippen LogP contribution in [0.3, 0.4) is 0 Å². The molecule has 2 aromatic heterocycles. The number of hydrogen-bond acceptors (Lipinski definition) is 8. The molecule has 5 aromatic rings. The molecule has 2 amide bonds. The summed E-state index contributed by atoms with van der Waals surface area (Å²) < 4.78 is 20.8. The van der Waals surface area contributed by atoms with Gasteiger partial charge in [0.1, 0.15) is 11.6 Å². The standard InChI is InChI=1S/C33H29FN6O3S2/c1-21-6-3-9-25(16-21)39-30(19-35-32(42)23-7-4-8-24(34)17-23)36-37-33(39)45-20-31(41)40-28(22-11-13-26(43-2)14-12-22)18-27(38-40)29-10-5-15-44-29/h3-17,28H,18-20H2,1-2H3,(H,35,42)/t28-/m1/s1. The molecule has 9 nitrogen and oxygen atoms in total. The van der Waals surface area contributed by atoms with E-state index in [4.69, 9.17) is 9.84 Å². The van der Waals surface area contributed by atoms with Crippen molar-refractivity contribution in [3.8, 4) is 11.4 Å². The molecule has 3 aromatic carbocycles. The molecular weight excluding hydrogens is 612 g/mol. The number of carbonyl (C=O) groups is 2. The van der Waals surface area contributed by atoms with Crippen molar-refractivity contribution in [3.05, 3.63) is 124 Å².